The summed E-state index contributed by atoms with van der Waals surface area (Å²) in [6.07, 6.45) is 9.73. The second-order valence-electron chi connectivity index (χ2n) is 7.91. The van der Waals surface area contributed by atoms with Gasteiger partial charge in [0.2, 0.25) is 0 Å². The number of methoxy groups -OCH3 is 4. The van der Waals surface area contributed by atoms with E-state index >= 15 is 0 Å². The summed E-state index contributed by atoms with van der Waals surface area (Å²) in [4.78, 5) is 51.5. The number of hydrogen-bond donors (Lipinski definition) is 3. The summed E-state index contributed by atoms with van der Waals surface area (Å²) in [6, 6.07) is 0. The Morgan fingerprint density at radius 2 is 1.09 bits per heavy atom. The van der Waals surface area contributed by atoms with Gasteiger partial charge in [0, 0.05) is 51.6 Å². The maximum absolute atomic E-state index is 10.4. The Hall–Kier alpha value is -3.15. The number of unbranched alkanes of at least 4 members (excludes halogenated alkanes) is 2. The van der Waals surface area contributed by atoms with Gasteiger partial charge in [-0.3, -0.25) is 14.4 Å². The second-order valence-corrected chi connectivity index (χ2v) is 7.91. The van der Waals surface area contributed by atoms with Crippen LogP contribution in [0.5, 0.6) is 0 Å². The van der Waals surface area contributed by atoms with Gasteiger partial charge in [0.05, 0.1) is 47.9 Å². The van der Waals surface area contributed by atoms with Crippen LogP contribution in [0.25, 0.3) is 0 Å². The lowest BCUT2D eigenvalue weighted by Gasteiger charge is -1.96. The van der Waals surface area contributed by atoms with E-state index in [9.17, 15) is 24.0 Å². The molecule has 0 aliphatic carbocycles. The number of aliphatic hydroxyl groups excluding tert-OH is 3. The van der Waals surface area contributed by atoms with Crippen molar-refractivity contribution in [2.24, 2.45) is 0 Å². The van der Waals surface area contributed by atoms with Crippen LogP contribution in [0.15, 0.2) is 12.2 Å². The highest BCUT2D eigenvalue weighted by atomic mass is 16.5. The first kappa shape index (κ1) is 57.5. The predicted octanol–water partition coefficient (Wildman–Crippen LogP) is 0.638. The molecule has 2 aliphatic rings. The topological polar surface area (TPSA) is 264 Å². The molecule has 0 unspecified atom stereocenters. The third-order valence-corrected chi connectivity index (χ3v) is 4.44. The van der Waals surface area contributed by atoms with E-state index < -0.39 is 23.9 Å². The maximum Gasteiger partial charge on any atom is 0.330 e. The van der Waals surface area contributed by atoms with Gasteiger partial charge in [-0.1, -0.05) is 20.8 Å². The molecule has 2 aliphatic heterocycles. The normalized spacial score (nSPS) is 11.6. The molecule has 7 N–H and O–H groups in total. The van der Waals surface area contributed by atoms with Crippen molar-refractivity contribution in [1.29, 1.82) is 0 Å². The number of aliphatic hydroxyl groups is 3. The number of esters is 5. The first-order valence-corrected chi connectivity index (χ1v) is 13.7. The number of carbonyl (C=O) groups is 5. The fourth-order valence-electron chi connectivity index (χ4n) is 2.05. The third-order valence-electron chi connectivity index (χ3n) is 4.44. The Morgan fingerprint density at radius 3 is 1.24 bits per heavy atom. The van der Waals surface area contributed by atoms with Crippen LogP contribution in [0, 0.1) is 0 Å². The van der Waals surface area contributed by atoms with Crippen LogP contribution >= 0.6 is 0 Å². The molecule has 0 bridgehead atoms. The third kappa shape index (κ3) is 60.8. The van der Waals surface area contributed by atoms with Gasteiger partial charge in [0.25, 0.3) is 0 Å². The fourth-order valence-corrected chi connectivity index (χ4v) is 2.05. The van der Waals surface area contributed by atoms with Gasteiger partial charge in [-0.05, 0) is 38.5 Å². The molecule has 0 aromatic rings. The first-order valence-electron chi connectivity index (χ1n) is 13.7. The number of rotatable bonds is 10. The molecule has 2 fully saturated rings. The van der Waals surface area contributed by atoms with E-state index in [0.29, 0.717) is 19.6 Å². The molecule has 45 heavy (non-hydrogen) atoms. The highest BCUT2D eigenvalue weighted by Crippen LogP contribution is 2.01. The van der Waals surface area contributed by atoms with E-state index in [1.165, 1.54) is 41.3 Å². The zero-order chi connectivity index (χ0) is 32.9. The minimum atomic E-state index is -0.578. The summed E-state index contributed by atoms with van der Waals surface area (Å²) in [5, 5.41) is 24.2. The predicted molar refractivity (Wildman–Crippen MR) is 166 cm³/mol. The van der Waals surface area contributed by atoms with Crippen molar-refractivity contribution in [3.8, 4) is 0 Å². The second kappa shape index (κ2) is 50.5. The van der Waals surface area contributed by atoms with Crippen molar-refractivity contribution in [3.63, 3.8) is 0 Å². The molecule has 2 saturated heterocycles. The maximum atomic E-state index is 10.4. The molecule has 0 radical (unpaired) electrons. The molecule has 0 saturated carbocycles. The first-order chi connectivity index (χ1) is 20.1. The van der Waals surface area contributed by atoms with E-state index in [4.69, 9.17) is 20.1 Å². The zero-order valence-corrected chi connectivity index (χ0v) is 26.8. The van der Waals surface area contributed by atoms with Crippen LogP contribution < -0.4 is 0 Å². The lowest BCUT2D eigenvalue weighted by molar-refractivity contribution is -0.147. The quantitative estimate of drug-likeness (QED) is 0.125. The Kier molecular flexibility index (Phi) is 64.5. The van der Waals surface area contributed by atoms with E-state index in [1.54, 1.807) is 0 Å². The van der Waals surface area contributed by atoms with Crippen molar-refractivity contribution < 1.29 is 78.7 Å². The van der Waals surface area contributed by atoms with Crippen LogP contribution in [-0.2, 0) is 52.4 Å². The molecule has 0 amide bonds. The molecule has 16 heteroatoms. The van der Waals surface area contributed by atoms with E-state index in [1.807, 2.05) is 0 Å². The van der Waals surface area contributed by atoms with Gasteiger partial charge < -0.3 is 54.7 Å². The summed E-state index contributed by atoms with van der Waals surface area (Å²) in [5.41, 5.74) is 0. The summed E-state index contributed by atoms with van der Waals surface area (Å²) in [6.45, 7) is 5.42. The Bertz CT molecular complexity index is 624. The average Bonchev–Trinajstić information content (AvgIpc) is 3.76. The summed E-state index contributed by atoms with van der Waals surface area (Å²) in [7, 11) is 5.01. The van der Waals surface area contributed by atoms with Crippen molar-refractivity contribution in [3.05, 3.63) is 12.2 Å². The SMILES string of the molecule is C.C1CCOC1.CCCCO.COC(=O)/C=C\C(=O)OC.COC(=O)CCC(=O)OC.O.O.O=C1CCCO1.OCCCCO. The fraction of sp³-hybridized carbons (Fsp3) is 0.759. The minimum absolute atomic E-state index is 0. The zero-order valence-electron chi connectivity index (χ0n) is 26.8. The summed E-state index contributed by atoms with van der Waals surface area (Å²) < 4.78 is 26.5. The van der Waals surface area contributed by atoms with Gasteiger partial charge in [-0.15, -0.1) is 0 Å². The minimum Gasteiger partial charge on any atom is -0.469 e. The van der Waals surface area contributed by atoms with Crippen molar-refractivity contribution >= 4 is 29.8 Å². The molecule has 0 aromatic heterocycles. The number of ether oxygens (including phenoxy) is 6. The largest absolute Gasteiger partial charge is 0.469 e. The van der Waals surface area contributed by atoms with E-state index in [0.717, 1.165) is 57.5 Å². The molecule has 16 nitrogen and oxygen atoms in total. The molecule has 2 heterocycles. The Morgan fingerprint density at radius 1 is 0.689 bits per heavy atom. The lowest BCUT2D eigenvalue weighted by Crippen LogP contribution is -2.06. The van der Waals surface area contributed by atoms with Crippen molar-refractivity contribution in [2.75, 3.05) is 68.1 Å². The molecule has 0 atom stereocenters. The van der Waals surface area contributed by atoms with E-state index in [-0.39, 0.29) is 50.4 Å². The Balaban J connectivity index is -0.0000000776. The monoisotopic (exact) mass is 664 g/mol. The lowest BCUT2D eigenvalue weighted by atomic mass is 10.3. The standard InChI is InChI=1S/C6H10O4.C6H8O4.C4H6O2.C4H10O2.C4H8O.C4H10O.CH4.2H2O/c2*1-9-5(7)3-4-6(8)10-2;5-4-2-1-3-6-4;5-3-1-2-4-6;1-2-4-5-3-1;1-2-3-4-5;;;/h3-4H2,1-2H3;3-4H,1-2H3;1-3H2;5-6H,1-4H2;1-4H2;5H,2-4H2,1H3;1H4;2*1H2/b;4-3-;;;;;;;. The van der Waals surface area contributed by atoms with Crippen LogP contribution in [0.4, 0.5) is 0 Å². The smallest absolute Gasteiger partial charge is 0.330 e. The van der Waals surface area contributed by atoms with Crippen LogP contribution in [0.2, 0.25) is 0 Å². The Labute approximate surface area is 267 Å². The van der Waals surface area contributed by atoms with Gasteiger partial charge >= 0.3 is 29.8 Å². The van der Waals surface area contributed by atoms with Crippen molar-refractivity contribution in [2.45, 2.75) is 78.6 Å². The highest BCUT2D eigenvalue weighted by Gasteiger charge is 2.08. The average molecular weight is 665 g/mol. The summed E-state index contributed by atoms with van der Waals surface area (Å²) in [5.74, 6) is -2.00. The molecule has 0 spiro atoms. The number of cyclic esters (lactones) is 1. The van der Waals surface area contributed by atoms with Gasteiger partial charge in [-0.25, -0.2) is 9.59 Å². The van der Waals surface area contributed by atoms with E-state index in [2.05, 4.69) is 30.6 Å². The molecule has 272 valence electrons. The van der Waals surface area contributed by atoms with Crippen LogP contribution in [0.3, 0.4) is 0 Å². The van der Waals surface area contributed by atoms with Gasteiger partial charge in [0.15, 0.2) is 0 Å². The number of carbonyl (C=O) groups excluding carboxylic acids is 5. The number of hydrogen-bond acceptors (Lipinski definition) is 14. The van der Waals surface area contributed by atoms with Gasteiger partial charge in [-0.2, -0.15) is 0 Å². The highest BCUT2D eigenvalue weighted by molar-refractivity contribution is 5.91. The summed E-state index contributed by atoms with van der Waals surface area (Å²) >= 11 is 0. The van der Waals surface area contributed by atoms with Crippen LogP contribution in [-0.4, -0.2) is 124 Å². The molecular weight excluding hydrogens is 604 g/mol. The molecular formula is C29H60O16. The van der Waals surface area contributed by atoms with Crippen molar-refractivity contribution in [1.82, 2.24) is 0 Å². The van der Waals surface area contributed by atoms with Crippen LogP contribution in [0.1, 0.15) is 78.6 Å². The molecule has 0 aromatic carbocycles. The molecule has 2 rings (SSSR count). The van der Waals surface area contributed by atoms with Gasteiger partial charge in [0.1, 0.15) is 0 Å².